The number of benzene rings is 3. The van der Waals surface area contributed by atoms with E-state index < -0.39 is 0 Å². The first-order chi connectivity index (χ1) is 15.0. The molecule has 31 heavy (non-hydrogen) atoms. The molecule has 0 bridgehead atoms. The van der Waals surface area contributed by atoms with Gasteiger partial charge in [0.25, 0.3) is 0 Å². The number of halogens is 1. The van der Waals surface area contributed by atoms with Gasteiger partial charge in [0.2, 0.25) is 5.91 Å². The monoisotopic (exact) mass is 448 g/mol. The van der Waals surface area contributed by atoms with Gasteiger partial charge in [-0.3, -0.25) is 9.36 Å². The van der Waals surface area contributed by atoms with Crippen LogP contribution in [0.15, 0.2) is 78.0 Å². The quantitative estimate of drug-likeness (QED) is 0.371. The molecule has 0 aliphatic heterocycles. The largest absolute Gasteiger partial charge is 0.325 e. The van der Waals surface area contributed by atoms with Gasteiger partial charge >= 0.3 is 0 Å². The lowest BCUT2D eigenvalue weighted by molar-refractivity contribution is -0.113. The topological polar surface area (TPSA) is 59.8 Å². The van der Waals surface area contributed by atoms with E-state index >= 15 is 0 Å². The average molecular weight is 449 g/mol. The Morgan fingerprint density at radius 3 is 2.42 bits per heavy atom. The van der Waals surface area contributed by atoms with E-state index in [1.165, 1.54) is 22.9 Å². The van der Waals surface area contributed by atoms with Crippen molar-refractivity contribution in [2.75, 3.05) is 11.1 Å². The third-order valence-corrected chi connectivity index (χ3v) is 6.06. The summed E-state index contributed by atoms with van der Waals surface area (Å²) in [6, 6.07) is 23.2. The van der Waals surface area contributed by atoms with Gasteiger partial charge in [-0.15, -0.1) is 10.2 Å². The summed E-state index contributed by atoms with van der Waals surface area (Å²) in [5.74, 6) is 0.827. The smallest absolute Gasteiger partial charge is 0.234 e. The van der Waals surface area contributed by atoms with Crippen LogP contribution >= 0.6 is 23.4 Å². The van der Waals surface area contributed by atoms with Gasteiger partial charge in [-0.25, -0.2) is 0 Å². The van der Waals surface area contributed by atoms with Crippen LogP contribution in [-0.2, 0) is 4.79 Å². The van der Waals surface area contributed by atoms with Crippen LogP contribution in [0.3, 0.4) is 0 Å². The molecule has 0 aliphatic carbocycles. The van der Waals surface area contributed by atoms with Crippen molar-refractivity contribution in [3.8, 4) is 17.1 Å². The Bertz CT molecular complexity index is 1210. The highest BCUT2D eigenvalue weighted by molar-refractivity contribution is 7.99. The fourth-order valence-corrected chi connectivity index (χ4v) is 3.97. The Balaban J connectivity index is 1.61. The van der Waals surface area contributed by atoms with E-state index in [0.717, 1.165) is 17.1 Å². The molecule has 0 atom stereocenters. The number of aryl methyl sites for hydroxylation is 2. The molecular formula is C24H21ClN4OS. The van der Waals surface area contributed by atoms with Crippen molar-refractivity contribution in [2.45, 2.75) is 19.0 Å². The summed E-state index contributed by atoms with van der Waals surface area (Å²) < 4.78 is 2.00. The molecule has 0 saturated carbocycles. The third kappa shape index (κ3) is 4.98. The van der Waals surface area contributed by atoms with E-state index in [-0.39, 0.29) is 11.7 Å². The summed E-state index contributed by atoms with van der Waals surface area (Å²) in [5, 5.41) is 13.0. The number of rotatable bonds is 6. The molecule has 1 amide bonds. The second-order valence-corrected chi connectivity index (χ2v) is 8.50. The highest BCUT2D eigenvalue weighted by Crippen LogP contribution is 2.29. The summed E-state index contributed by atoms with van der Waals surface area (Å²) in [6.07, 6.45) is 0. The molecule has 0 fully saturated rings. The predicted molar refractivity (Wildman–Crippen MR) is 127 cm³/mol. The number of amides is 1. The normalized spacial score (nSPS) is 10.8. The maximum absolute atomic E-state index is 12.5. The molecule has 0 aliphatic rings. The zero-order valence-corrected chi connectivity index (χ0v) is 18.7. The maximum Gasteiger partial charge on any atom is 0.234 e. The van der Waals surface area contributed by atoms with Crippen molar-refractivity contribution in [2.24, 2.45) is 0 Å². The van der Waals surface area contributed by atoms with Gasteiger partial charge in [0.05, 0.1) is 11.4 Å². The summed E-state index contributed by atoms with van der Waals surface area (Å²) in [4.78, 5) is 12.5. The Morgan fingerprint density at radius 2 is 1.71 bits per heavy atom. The van der Waals surface area contributed by atoms with Gasteiger partial charge < -0.3 is 5.32 Å². The number of hydrogen-bond donors (Lipinski definition) is 1. The Kier molecular flexibility index (Phi) is 6.39. The summed E-state index contributed by atoms with van der Waals surface area (Å²) in [5.41, 5.74) is 5.03. The second kappa shape index (κ2) is 9.37. The fraction of sp³-hybridized carbons (Fsp3) is 0.125. The minimum Gasteiger partial charge on any atom is -0.325 e. The third-order valence-electron chi connectivity index (χ3n) is 4.87. The first-order valence-corrected chi connectivity index (χ1v) is 11.1. The van der Waals surface area contributed by atoms with Gasteiger partial charge in [0.15, 0.2) is 11.0 Å². The lowest BCUT2D eigenvalue weighted by Crippen LogP contribution is -2.14. The van der Waals surface area contributed by atoms with Crippen molar-refractivity contribution in [3.05, 3.63) is 88.9 Å². The number of aromatic nitrogens is 3. The molecule has 4 rings (SSSR count). The number of hydrogen-bond acceptors (Lipinski definition) is 4. The van der Waals surface area contributed by atoms with Crippen LogP contribution in [-0.4, -0.2) is 26.4 Å². The van der Waals surface area contributed by atoms with Gasteiger partial charge in [-0.05, 0) is 61.4 Å². The van der Waals surface area contributed by atoms with Crippen LogP contribution in [0, 0.1) is 13.8 Å². The summed E-state index contributed by atoms with van der Waals surface area (Å²) in [7, 11) is 0. The minimum atomic E-state index is -0.122. The molecule has 7 heteroatoms. The highest BCUT2D eigenvalue weighted by Gasteiger charge is 2.17. The number of nitrogens with one attached hydrogen (secondary N) is 1. The lowest BCUT2D eigenvalue weighted by atomic mass is 10.1. The molecule has 1 N–H and O–H groups in total. The standard InChI is InChI=1S/C24H21ClN4OS/c1-16-8-13-21(14-17(16)2)29-23(18-6-4-3-5-7-18)27-28-24(29)31-15-22(30)26-20-11-9-19(25)10-12-20/h3-14H,15H2,1-2H3,(H,26,30). The number of carbonyl (C=O) groups excluding carboxylic acids is 1. The van der Waals surface area contributed by atoms with E-state index in [1.54, 1.807) is 24.3 Å². The Labute approximate surface area is 190 Å². The number of anilines is 1. The van der Waals surface area contributed by atoms with Crippen molar-refractivity contribution < 1.29 is 4.79 Å². The fourth-order valence-electron chi connectivity index (χ4n) is 3.10. The van der Waals surface area contributed by atoms with Gasteiger partial charge in [0.1, 0.15) is 0 Å². The number of carbonyl (C=O) groups is 1. The van der Waals surface area contributed by atoms with Gasteiger partial charge in [-0.2, -0.15) is 0 Å². The van der Waals surface area contributed by atoms with Crippen LogP contribution in [0.1, 0.15) is 11.1 Å². The van der Waals surface area contributed by atoms with Crippen LogP contribution in [0.2, 0.25) is 5.02 Å². The molecule has 4 aromatic rings. The zero-order valence-electron chi connectivity index (χ0n) is 17.2. The van der Waals surface area contributed by atoms with Crippen molar-refractivity contribution in [3.63, 3.8) is 0 Å². The van der Waals surface area contributed by atoms with Crippen LogP contribution in [0.5, 0.6) is 0 Å². The van der Waals surface area contributed by atoms with E-state index in [9.17, 15) is 4.79 Å². The summed E-state index contributed by atoms with van der Waals surface area (Å²) >= 11 is 7.25. The Morgan fingerprint density at radius 1 is 0.968 bits per heavy atom. The molecule has 1 heterocycles. The summed E-state index contributed by atoms with van der Waals surface area (Å²) in [6.45, 7) is 4.16. The molecule has 156 valence electrons. The molecule has 3 aromatic carbocycles. The highest BCUT2D eigenvalue weighted by atomic mass is 35.5. The average Bonchev–Trinajstić information content (AvgIpc) is 3.20. The molecule has 0 saturated heterocycles. The molecular weight excluding hydrogens is 428 g/mol. The Hall–Kier alpha value is -3.09. The van der Waals surface area contributed by atoms with Crippen LogP contribution in [0.25, 0.3) is 17.1 Å². The molecule has 0 radical (unpaired) electrons. The molecule has 0 unspecified atom stereocenters. The number of nitrogens with zero attached hydrogens (tertiary/aromatic N) is 3. The second-order valence-electron chi connectivity index (χ2n) is 7.12. The molecule has 1 aromatic heterocycles. The van der Waals surface area contributed by atoms with Gasteiger partial charge in [-0.1, -0.05) is 59.8 Å². The van der Waals surface area contributed by atoms with E-state index in [0.29, 0.717) is 15.9 Å². The maximum atomic E-state index is 12.5. The minimum absolute atomic E-state index is 0.122. The van der Waals surface area contributed by atoms with E-state index in [4.69, 9.17) is 11.6 Å². The predicted octanol–water partition coefficient (Wildman–Crippen LogP) is 5.94. The van der Waals surface area contributed by atoms with E-state index in [1.807, 2.05) is 34.9 Å². The van der Waals surface area contributed by atoms with Crippen LogP contribution in [0.4, 0.5) is 5.69 Å². The lowest BCUT2D eigenvalue weighted by Gasteiger charge is -2.12. The van der Waals surface area contributed by atoms with Gasteiger partial charge in [0, 0.05) is 16.3 Å². The van der Waals surface area contributed by atoms with Crippen molar-refractivity contribution in [1.29, 1.82) is 0 Å². The molecule has 5 nitrogen and oxygen atoms in total. The zero-order chi connectivity index (χ0) is 21.8. The molecule has 0 spiro atoms. The van der Waals surface area contributed by atoms with Crippen molar-refractivity contribution >= 4 is 35.0 Å². The van der Waals surface area contributed by atoms with Crippen molar-refractivity contribution in [1.82, 2.24) is 14.8 Å². The van der Waals surface area contributed by atoms with E-state index in [2.05, 4.69) is 47.6 Å². The first kappa shape index (κ1) is 21.2. The SMILES string of the molecule is Cc1ccc(-n2c(SCC(=O)Nc3ccc(Cl)cc3)nnc2-c2ccccc2)cc1C. The van der Waals surface area contributed by atoms with Crippen LogP contribution < -0.4 is 5.32 Å². The number of thioether (sulfide) groups is 1. The first-order valence-electron chi connectivity index (χ1n) is 9.78.